The van der Waals surface area contributed by atoms with Gasteiger partial charge in [0.1, 0.15) is 0 Å². The summed E-state index contributed by atoms with van der Waals surface area (Å²) >= 11 is 0. The highest BCUT2D eigenvalue weighted by molar-refractivity contribution is 4.70. The minimum atomic E-state index is 0.427. The lowest BCUT2D eigenvalue weighted by Crippen LogP contribution is -2.44. The first-order valence-corrected chi connectivity index (χ1v) is 6.10. The van der Waals surface area contributed by atoms with Crippen LogP contribution in [-0.4, -0.2) is 58.4 Å². The molecule has 98 valence electrons. The average Bonchev–Trinajstić information content (AvgIpc) is 2.29. The number of nitrogens with two attached hydrogens (primary N) is 3. The summed E-state index contributed by atoms with van der Waals surface area (Å²) in [5.74, 6) is 0. The van der Waals surface area contributed by atoms with Gasteiger partial charge in [-0.25, -0.2) is 0 Å². The summed E-state index contributed by atoms with van der Waals surface area (Å²) in [5, 5.41) is 9.98. The molecule has 0 heterocycles. The van der Waals surface area contributed by atoms with Crippen molar-refractivity contribution in [1.82, 2.24) is 16.0 Å². The first kappa shape index (κ1) is 15.8. The van der Waals surface area contributed by atoms with Crippen LogP contribution in [-0.2, 0) is 0 Å². The SMILES string of the molecule is NCCNCCNC(CCN)CNCCN. The van der Waals surface area contributed by atoms with Crippen molar-refractivity contribution in [2.75, 3.05) is 52.4 Å². The van der Waals surface area contributed by atoms with Gasteiger partial charge in [0.25, 0.3) is 0 Å². The summed E-state index contributed by atoms with van der Waals surface area (Å²) in [6.45, 7) is 6.59. The van der Waals surface area contributed by atoms with Gasteiger partial charge >= 0.3 is 0 Å². The van der Waals surface area contributed by atoms with E-state index in [0.717, 1.165) is 39.1 Å². The lowest BCUT2D eigenvalue weighted by Gasteiger charge is -2.18. The molecule has 0 aromatic carbocycles. The van der Waals surface area contributed by atoms with Gasteiger partial charge in [-0.2, -0.15) is 0 Å². The summed E-state index contributed by atoms with van der Waals surface area (Å²) in [5.41, 5.74) is 16.4. The van der Waals surface area contributed by atoms with Crippen molar-refractivity contribution in [3.8, 4) is 0 Å². The quantitative estimate of drug-likeness (QED) is 0.206. The number of nitrogens with one attached hydrogen (secondary N) is 3. The molecule has 0 saturated carbocycles. The Labute approximate surface area is 98.7 Å². The Balaban J connectivity index is 3.43. The fourth-order valence-corrected chi connectivity index (χ4v) is 1.45. The van der Waals surface area contributed by atoms with E-state index in [1.165, 1.54) is 0 Å². The van der Waals surface area contributed by atoms with Crippen LogP contribution < -0.4 is 33.2 Å². The number of hydrogen-bond donors (Lipinski definition) is 6. The smallest absolute Gasteiger partial charge is 0.0205 e. The summed E-state index contributed by atoms with van der Waals surface area (Å²) in [7, 11) is 0. The van der Waals surface area contributed by atoms with E-state index >= 15 is 0 Å². The molecule has 0 spiro atoms. The zero-order valence-corrected chi connectivity index (χ0v) is 10.2. The second-order valence-electron chi connectivity index (χ2n) is 3.76. The van der Waals surface area contributed by atoms with Crippen molar-refractivity contribution in [2.45, 2.75) is 12.5 Å². The van der Waals surface area contributed by atoms with Gasteiger partial charge in [-0.15, -0.1) is 0 Å². The van der Waals surface area contributed by atoms with Gasteiger partial charge in [-0.3, -0.25) is 0 Å². The summed E-state index contributed by atoms with van der Waals surface area (Å²) in [4.78, 5) is 0. The van der Waals surface area contributed by atoms with E-state index in [1.807, 2.05) is 0 Å². The van der Waals surface area contributed by atoms with Crippen molar-refractivity contribution in [2.24, 2.45) is 17.2 Å². The lowest BCUT2D eigenvalue weighted by molar-refractivity contribution is 0.450. The number of rotatable bonds is 12. The van der Waals surface area contributed by atoms with E-state index in [-0.39, 0.29) is 0 Å². The van der Waals surface area contributed by atoms with Crippen LogP contribution in [0.15, 0.2) is 0 Å². The van der Waals surface area contributed by atoms with Crippen molar-refractivity contribution in [3.05, 3.63) is 0 Å². The van der Waals surface area contributed by atoms with Gasteiger partial charge in [0.2, 0.25) is 0 Å². The Morgan fingerprint density at radius 3 is 2.06 bits per heavy atom. The topological polar surface area (TPSA) is 114 Å². The molecule has 6 nitrogen and oxygen atoms in total. The van der Waals surface area contributed by atoms with E-state index in [0.29, 0.717) is 25.7 Å². The largest absolute Gasteiger partial charge is 0.330 e. The van der Waals surface area contributed by atoms with Crippen molar-refractivity contribution >= 4 is 0 Å². The van der Waals surface area contributed by atoms with Crippen molar-refractivity contribution < 1.29 is 0 Å². The van der Waals surface area contributed by atoms with Crippen LogP contribution in [0.3, 0.4) is 0 Å². The third-order valence-electron chi connectivity index (χ3n) is 2.28. The first-order valence-electron chi connectivity index (χ1n) is 6.10. The zero-order chi connectivity index (χ0) is 12.1. The molecule has 9 N–H and O–H groups in total. The Kier molecular flexibility index (Phi) is 12.6. The average molecular weight is 232 g/mol. The molecule has 0 aromatic rings. The molecule has 0 aromatic heterocycles. The van der Waals surface area contributed by atoms with E-state index < -0.39 is 0 Å². The normalized spacial score (nSPS) is 12.9. The van der Waals surface area contributed by atoms with Crippen LogP contribution in [0.4, 0.5) is 0 Å². The minimum Gasteiger partial charge on any atom is -0.330 e. The molecule has 0 bridgehead atoms. The van der Waals surface area contributed by atoms with E-state index in [9.17, 15) is 0 Å². The lowest BCUT2D eigenvalue weighted by atomic mass is 10.2. The molecule has 0 radical (unpaired) electrons. The molecule has 16 heavy (non-hydrogen) atoms. The molecule has 1 unspecified atom stereocenters. The van der Waals surface area contributed by atoms with Gasteiger partial charge in [-0.05, 0) is 13.0 Å². The Morgan fingerprint density at radius 1 is 0.750 bits per heavy atom. The van der Waals surface area contributed by atoms with Crippen molar-refractivity contribution in [1.29, 1.82) is 0 Å². The molecule has 6 heteroatoms. The highest BCUT2D eigenvalue weighted by atomic mass is 15.0. The third kappa shape index (κ3) is 10.3. The van der Waals surface area contributed by atoms with Gasteiger partial charge in [-0.1, -0.05) is 0 Å². The van der Waals surface area contributed by atoms with E-state index in [4.69, 9.17) is 17.2 Å². The molecule has 0 amide bonds. The van der Waals surface area contributed by atoms with Gasteiger partial charge in [0, 0.05) is 51.9 Å². The maximum absolute atomic E-state index is 5.56. The zero-order valence-electron chi connectivity index (χ0n) is 10.2. The van der Waals surface area contributed by atoms with Crippen LogP contribution >= 0.6 is 0 Å². The molecular weight excluding hydrogens is 204 g/mol. The first-order chi connectivity index (χ1) is 7.85. The summed E-state index contributed by atoms with van der Waals surface area (Å²) in [6, 6.07) is 0.427. The Hall–Kier alpha value is -0.240. The van der Waals surface area contributed by atoms with Crippen LogP contribution in [0.2, 0.25) is 0 Å². The molecule has 0 aliphatic carbocycles. The highest BCUT2D eigenvalue weighted by Crippen LogP contribution is 1.87. The standard InChI is InChI=1S/C10H28N6/c11-2-1-10(9-15-6-4-13)16-8-7-14-5-3-12/h10,14-16H,1-9,11-13H2. The minimum absolute atomic E-state index is 0.427. The highest BCUT2D eigenvalue weighted by Gasteiger charge is 2.05. The third-order valence-corrected chi connectivity index (χ3v) is 2.28. The van der Waals surface area contributed by atoms with E-state index in [1.54, 1.807) is 0 Å². The molecule has 0 aliphatic heterocycles. The molecular formula is C10H28N6. The second-order valence-corrected chi connectivity index (χ2v) is 3.76. The maximum Gasteiger partial charge on any atom is 0.0205 e. The predicted octanol–water partition coefficient (Wildman–Crippen LogP) is -2.61. The fraction of sp³-hybridized carbons (Fsp3) is 1.00. The number of hydrogen-bond acceptors (Lipinski definition) is 6. The molecule has 1 atom stereocenters. The van der Waals surface area contributed by atoms with E-state index in [2.05, 4.69) is 16.0 Å². The Morgan fingerprint density at radius 2 is 1.44 bits per heavy atom. The van der Waals surface area contributed by atoms with Gasteiger partial charge < -0.3 is 33.2 Å². The monoisotopic (exact) mass is 232 g/mol. The molecule has 0 rings (SSSR count). The van der Waals surface area contributed by atoms with Crippen LogP contribution in [0.1, 0.15) is 6.42 Å². The Bertz CT molecular complexity index is 132. The second kappa shape index (κ2) is 12.8. The predicted molar refractivity (Wildman–Crippen MR) is 69.3 cm³/mol. The summed E-state index contributed by atoms with van der Waals surface area (Å²) < 4.78 is 0. The molecule has 0 aliphatic rings. The van der Waals surface area contributed by atoms with Crippen LogP contribution in [0, 0.1) is 0 Å². The van der Waals surface area contributed by atoms with Gasteiger partial charge in [0.15, 0.2) is 0 Å². The maximum atomic E-state index is 5.56. The van der Waals surface area contributed by atoms with Crippen LogP contribution in [0.25, 0.3) is 0 Å². The van der Waals surface area contributed by atoms with Gasteiger partial charge in [0.05, 0.1) is 0 Å². The van der Waals surface area contributed by atoms with Crippen molar-refractivity contribution in [3.63, 3.8) is 0 Å². The summed E-state index contributed by atoms with van der Waals surface area (Å²) in [6.07, 6.45) is 0.981. The molecule has 0 fully saturated rings. The molecule has 0 saturated heterocycles. The van der Waals surface area contributed by atoms with Crippen LogP contribution in [0.5, 0.6) is 0 Å². The fourth-order valence-electron chi connectivity index (χ4n) is 1.45.